The molecule has 0 aliphatic rings. The molecule has 0 saturated heterocycles. The van der Waals surface area contributed by atoms with Gasteiger partial charge in [-0.2, -0.15) is 0 Å². The first-order chi connectivity index (χ1) is 7.54. The number of benzene rings is 1. The van der Waals surface area contributed by atoms with Gasteiger partial charge in [0.2, 0.25) is 0 Å². The fourth-order valence-corrected chi connectivity index (χ4v) is 1.61. The van der Waals surface area contributed by atoms with Crippen molar-refractivity contribution < 1.29 is 9.53 Å². The molecular formula is C13H19NO2. The summed E-state index contributed by atoms with van der Waals surface area (Å²) in [5.41, 5.74) is 8.50. The van der Waals surface area contributed by atoms with Gasteiger partial charge in [-0.1, -0.05) is 12.1 Å². The number of carbonyl (C=O) groups excluding carboxylic acids is 1. The minimum atomic E-state index is -0.281. The lowest BCUT2D eigenvalue weighted by molar-refractivity contribution is 0.0600. The van der Waals surface area contributed by atoms with Crippen LogP contribution in [0.3, 0.4) is 0 Å². The Labute approximate surface area is 96.6 Å². The molecule has 1 aromatic carbocycles. The number of rotatable bonds is 4. The monoisotopic (exact) mass is 221 g/mol. The molecule has 0 aromatic heterocycles. The highest BCUT2D eigenvalue weighted by Crippen LogP contribution is 2.14. The summed E-state index contributed by atoms with van der Waals surface area (Å²) in [6.45, 7) is 3.91. The Morgan fingerprint density at radius 3 is 2.69 bits per heavy atom. The summed E-state index contributed by atoms with van der Waals surface area (Å²) in [5, 5.41) is 0. The fourth-order valence-electron chi connectivity index (χ4n) is 1.61. The van der Waals surface area contributed by atoms with Crippen LogP contribution in [-0.2, 0) is 11.2 Å². The molecule has 1 atom stereocenters. The molecule has 0 heterocycles. The molecule has 0 spiro atoms. The molecule has 2 N–H and O–H groups in total. The van der Waals surface area contributed by atoms with Gasteiger partial charge in [-0.05, 0) is 43.9 Å². The van der Waals surface area contributed by atoms with E-state index in [2.05, 4.69) is 0 Å². The molecule has 16 heavy (non-hydrogen) atoms. The highest BCUT2D eigenvalue weighted by atomic mass is 16.5. The van der Waals surface area contributed by atoms with Crippen LogP contribution >= 0.6 is 0 Å². The predicted octanol–water partition coefficient (Wildman–Crippen LogP) is 2.06. The maximum absolute atomic E-state index is 11.4. The molecule has 88 valence electrons. The first kappa shape index (κ1) is 12.7. The molecule has 3 nitrogen and oxygen atoms in total. The third-order valence-electron chi connectivity index (χ3n) is 2.58. The standard InChI is InChI=1S/C13H19NO2/c1-9-8-11(5-4-10(2)14)6-7-12(9)13(15)16-3/h6-8,10H,4-5,14H2,1-3H3/t10-/m1/s1. The zero-order valence-corrected chi connectivity index (χ0v) is 10.1. The van der Waals surface area contributed by atoms with Crippen molar-refractivity contribution in [1.29, 1.82) is 0 Å². The molecule has 0 bridgehead atoms. The van der Waals surface area contributed by atoms with Gasteiger partial charge in [0.15, 0.2) is 0 Å². The van der Waals surface area contributed by atoms with E-state index in [9.17, 15) is 4.79 Å². The molecule has 3 heteroatoms. The third kappa shape index (κ3) is 3.35. The van der Waals surface area contributed by atoms with E-state index < -0.39 is 0 Å². The zero-order valence-electron chi connectivity index (χ0n) is 10.1. The average molecular weight is 221 g/mol. The van der Waals surface area contributed by atoms with E-state index in [1.165, 1.54) is 12.7 Å². The number of hydrogen-bond donors (Lipinski definition) is 1. The van der Waals surface area contributed by atoms with Crippen LogP contribution in [-0.4, -0.2) is 19.1 Å². The summed E-state index contributed by atoms with van der Waals surface area (Å²) >= 11 is 0. The molecule has 0 aliphatic heterocycles. The Bertz CT molecular complexity index is 372. The second kappa shape index (κ2) is 5.66. The van der Waals surface area contributed by atoms with E-state index in [4.69, 9.17) is 10.5 Å². The Balaban J connectivity index is 2.78. The molecule has 0 saturated carbocycles. The van der Waals surface area contributed by atoms with Crippen LogP contribution in [0.2, 0.25) is 0 Å². The summed E-state index contributed by atoms with van der Waals surface area (Å²) in [4.78, 5) is 11.4. The number of ether oxygens (including phenoxy) is 1. The summed E-state index contributed by atoms with van der Waals surface area (Å²) in [6.07, 6.45) is 1.90. The molecular weight excluding hydrogens is 202 g/mol. The van der Waals surface area contributed by atoms with Crippen molar-refractivity contribution in [3.8, 4) is 0 Å². The largest absolute Gasteiger partial charge is 0.465 e. The van der Waals surface area contributed by atoms with Gasteiger partial charge in [-0.25, -0.2) is 4.79 Å². The fraction of sp³-hybridized carbons (Fsp3) is 0.462. The minimum Gasteiger partial charge on any atom is -0.465 e. The van der Waals surface area contributed by atoms with Gasteiger partial charge in [-0.15, -0.1) is 0 Å². The lowest BCUT2D eigenvalue weighted by Gasteiger charge is -2.08. The van der Waals surface area contributed by atoms with Gasteiger partial charge in [0, 0.05) is 6.04 Å². The molecule has 0 amide bonds. The van der Waals surface area contributed by atoms with E-state index in [0.29, 0.717) is 5.56 Å². The van der Waals surface area contributed by atoms with E-state index in [-0.39, 0.29) is 12.0 Å². The Kier molecular flexibility index (Phi) is 4.50. The number of nitrogens with two attached hydrogens (primary N) is 1. The topological polar surface area (TPSA) is 52.3 Å². The summed E-state index contributed by atoms with van der Waals surface area (Å²) in [6, 6.07) is 6.01. The number of carbonyl (C=O) groups is 1. The van der Waals surface area contributed by atoms with Crippen LogP contribution in [0.5, 0.6) is 0 Å². The molecule has 1 rings (SSSR count). The van der Waals surface area contributed by atoms with Crippen molar-refractivity contribution in [2.45, 2.75) is 32.7 Å². The van der Waals surface area contributed by atoms with Gasteiger partial charge >= 0.3 is 5.97 Å². The second-order valence-corrected chi connectivity index (χ2v) is 4.16. The number of methoxy groups -OCH3 is 1. The Hall–Kier alpha value is -1.35. The molecule has 0 radical (unpaired) electrons. The van der Waals surface area contributed by atoms with Crippen molar-refractivity contribution in [2.24, 2.45) is 5.73 Å². The van der Waals surface area contributed by atoms with E-state index in [1.54, 1.807) is 0 Å². The van der Waals surface area contributed by atoms with Crippen LogP contribution in [0.25, 0.3) is 0 Å². The quantitative estimate of drug-likeness (QED) is 0.792. The third-order valence-corrected chi connectivity index (χ3v) is 2.58. The molecule has 0 aliphatic carbocycles. The number of aryl methyl sites for hydroxylation is 2. The van der Waals surface area contributed by atoms with Crippen LogP contribution in [0.15, 0.2) is 18.2 Å². The van der Waals surface area contributed by atoms with E-state index in [0.717, 1.165) is 18.4 Å². The van der Waals surface area contributed by atoms with Crippen molar-refractivity contribution >= 4 is 5.97 Å². The lowest BCUT2D eigenvalue weighted by Crippen LogP contribution is -2.15. The molecule has 1 aromatic rings. The molecule has 0 unspecified atom stereocenters. The van der Waals surface area contributed by atoms with Gasteiger partial charge in [0.25, 0.3) is 0 Å². The summed E-state index contributed by atoms with van der Waals surface area (Å²) < 4.78 is 4.70. The summed E-state index contributed by atoms with van der Waals surface area (Å²) in [5.74, 6) is -0.281. The average Bonchev–Trinajstić information content (AvgIpc) is 2.25. The maximum atomic E-state index is 11.4. The highest BCUT2D eigenvalue weighted by Gasteiger charge is 2.09. The van der Waals surface area contributed by atoms with Crippen LogP contribution in [0.1, 0.15) is 34.8 Å². The summed E-state index contributed by atoms with van der Waals surface area (Å²) in [7, 11) is 1.39. The van der Waals surface area contributed by atoms with Crippen molar-refractivity contribution in [1.82, 2.24) is 0 Å². The van der Waals surface area contributed by atoms with Gasteiger partial charge < -0.3 is 10.5 Å². The lowest BCUT2D eigenvalue weighted by atomic mass is 10.0. The van der Waals surface area contributed by atoms with Crippen LogP contribution < -0.4 is 5.73 Å². The van der Waals surface area contributed by atoms with Crippen LogP contribution in [0, 0.1) is 6.92 Å². The smallest absolute Gasteiger partial charge is 0.338 e. The number of hydrogen-bond acceptors (Lipinski definition) is 3. The Morgan fingerprint density at radius 1 is 1.50 bits per heavy atom. The van der Waals surface area contributed by atoms with Crippen molar-refractivity contribution in [3.05, 3.63) is 34.9 Å². The van der Waals surface area contributed by atoms with Crippen molar-refractivity contribution in [3.63, 3.8) is 0 Å². The van der Waals surface area contributed by atoms with Gasteiger partial charge in [0.1, 0.15) is 0 Å². The first-order valence-electron chi connectivity index (χ1n) is 5.48. The zero-order chi connectivity index (χ0) is 12.1. The SMILES string of the molecule is COC(=O)c1ccc(CC[C@@H](C)N)cc1C. The molecule has 0 fully saturated rings. The van der Waals surface area contributed by atoms with E-state index >= 15 is 0 Å². The minimum absolute atomic E-state index is 0.209. The van der Waals surface area contributed by atoms with E-state index in [1.807, 2.05) is 32.0 Å². The van der Waals surface area contributed by atoms with Gasteiger partial charge in [0.05, 0.1) is 12.7 Å². The highest BCUT2D eigenvalue weighted by molar-refractivity contribution is 5.90. The maximum Gasteiger partial charge on any atom is 0.338 e. The number of esters is 1. The van der Waals surface area contributed by atoms with Crippen molar-refractivity contribution in [2.75, 3.05) is 7.11 Å². The second-order valence-electron chi connectivity index (χ2n) is 4.16. The van der Waals surface area contributed by atoms with Gasteiger partial charge in [-0.3, -0.25) is 0 Å². The Morgan fingerprint density at radius 2 is 2.19 bits per heavy atom. The first-order valence-corrected chi connectivity index (χ1v) is 5.48. The van der Waals surface area contributed by atoms with Crippen LogP contribution in [0.4, 0.5) is 0 Å². The predicted molar refractivity (Wildman–Crippen MR) is 64.5 cm³/mol. The normalized spacial score (nSPS) is 12.2.